The number of ketones is 1. The molecule has 70 valence electrons. The van der Waals surface area contributed by atoms with Crippen molar-refractivity contribution in [2.45, 2.75) is 13.8 Å². The standard InChI is InChI=1S/C7H6O2.C3H6O/c8-5-6-3-1-2-4-7(6)9;1-3(2)4/h1-5,9H;1-2H3. The van der Waals surface area contributed by atoms with Gasteiger partial charge in [-0.25, -0.2) is 0 Å². The fourth-order valence-corrected chi connectivity index (χ4v) is 0.587. The van der Waals surface area contributed by atoms with Gasteiger partial charge in [0.1, 0.15) is 11.5 Å². The second kappa shape index (κ2) is 5.94. The number of aromatic hydroxyl groups is 1. The number of aldehydes is 1. The number of phenolic OH excluding ortho intramolecular Hbond substituents is 1. The lowest BCUT2D eigenvalue weighted by Gasteiger charge is -1.91. The summed E-state index contributed by atoms with van der Waals surface area (Å²) in [5, 5.41) is 8.88. The van der Waals surface area contributed by atoms with E-state index in [9.17, 15) is 9.59 Å². The van der Waals surface area contributed by atoms with Crippen LogP contribution in [0, 0.1) is 0 Å². The summed E-state index contributed by atoms with van der Waals surface area (Å²) in [5.74, 6) is 0.201. The van der Waals surface area contributed by atoms with Crippen molar-refractivity contribution in [2.75, 3.05) is 0 Å². The fraction of sp³-hybridized carbons (Fsp3) is 0.200. The van der Waals surface area contributed by atoms with E-state index in [0.29, 0.717) is 11.8 Å². The molecule has 0 amide bonds. The monoisotopic (exact) mass is 180 g/mol. The highest BCUT2D eigenvalue weighted by atomic mass is 16.3. The van der Waals surface area contributed by atoms with Crippen molar-refractivity contribution in [2.24, 2.45) is 0 Å². The number of para-hydroxylation sites is 1. The third-order valence-electron chi connectivity index (χ3n) is 1.06. The summed E-state index contributed by atoms with van der Waals surface area (Å²) < 4.78 is 0. The second-order valence-electron chi connectivity index (χ2n) is 2.58. The van der Waals surface area contributed by atoms with Crippen molar-refractivity contribution in [1.29, 1.82) is 0 Å². The molecule has 0 unspecified atom stereocenters. The van der Waals surface area contributed by atoms with Crippen molar-refractivity contribution in [3.8, 4) is 5.75 Å². The molecule has 1 rings (SSSR count). The van der Waals surface area contributed by atoms with Crippen LogP contribution < -0.4 is 0 Å². The summed E-state index contributed by atoms with van der Waals surface area (Å²) in [6, 6.07) is 6.40. The Morgan fingerprint density at radius 1 is 1.31 bits per heavy atom. The molecule has 0 aliphatic carbocycles. The maximum Gasteiger partial charge on any atom is 0.153 e. The van der Waals surface area contributed by atoms with Gasteiger partial charge in [0.15, 0.2) is 6.29 Å². The zero-order valence-corrected chi connectivity index (χ0v) is 7.65. The zero-order valence-electron chi connectivity index (χ0n) is 7.65. The van der Waals surface area contributed by atoms with Crippen molar-refractivity contribution in [1.82, 2.24) is 0 Å². The Bertz CT molecular complexity index is 288. The molecule has 0 spiro atoms. The van der Waals surface area contributed by atoms with Crippen LogP contribution in [0.3, 0.4) is 0 Å². The van der Waals surface area contributed by atoms with E-state index < -0.39 is 0 Å². The van der Waals surface area contributed by atoms with Crippen LogP contribution >= 0.6 is 0 Å². The molecule has 0 radical (unpaired) electrons. The molecule has 3 heteroatoms. The summed E-state index contributed by atoms with van der Waals surface area (Å²) >= 11 is 0. The van der Waals surface area contributed by atoms with E-state index in [1.54, 1.807) is 18.2 Å². The molecule has 3 nitrogen and oxygen atoms in total. The molecular weight excluding hydrogens is 168 g/mol. The molecule has 0 aliphatic rings. The lowest BCUT2D eigenvalue weighted by molar-refractivity contribution is -0.114. The van der Waals surface area contributed by atoms with Crippen molar-refractivity contribution in [3.05, 3.63) is 29.8 Å². The van der Waals surface area contributed by atoms with E-state index in [2.05, 4.69) is 0 Å². The van der Waals surface area contributed by atoms with Gasteiger partial charge in [0, 0.05) is 0 Å². The summed E-state index contributed by atoms with van der Waals surface area (Å²) in [6.07, 6.45) is 0.620. The predicted molar refractivity (Wildman–Crippen MR) is 49.8 cm³/mol. The number of carbonyl (C=O) groups excluding carboxylic acids is 2. The minimum atomic E-state index is 0.0347. The van der Waals surface area contributed by atoms with Crippen LogP contribution in [0.1, 0.15) is 24.2 Å². The average Bonchev–Trinajstić information content (AvgIpc) is 2.04. The Hall–Kier alpha value is -1.64. The lowest BCUT2D eigenvalue weighted by atomic mass is 10.2. The van der Waals surface area contributed by atoms with Gasteiger partial charge in [-0.15, -0.1) is 0 Å². The Kier molecular flexibility index (Phi) is 5.19. The molecule has 0 fully saturated rings. The molecule has 0 heterocycles. The maximum atomic E-state index is 10.1. The highest BCUT2D eigenvalue weighted by Gasteiger charge is 1.93. The lowest BCUT2D eigenvalue weighted by Crippen LogP contribution is -1.77. The molecule has 1 aromatic carbocycles. The molecule has 1 N–H and O–H groups in total. The minimum Gasteiger partial charge on any atom is -0.507 e. The van der Waals surface area contributed by atoms with Gasteiger partial charge in [-0.2, -0.15) is 0 Å². The number of phenols is 1. The number of rotatable bonds is 1. The van der Waals surface area contributed by atoms with Gasteiger partial charge in [-0.3, -0.25) is 4.79 Å². The van der Waals surface area contributed by atoms with E-state index in [4.69, 9.17) is 5.11 Å². The Morgan fingerprint density at radius 2 is 1.77 bits per heavy atom. The van der Waals surface area contributed by atoms with Gasteiger partial charge in [-0.1, -0.05) is 12.1 Å². The summed E-state index contributed by atoms with van der Waals surface area (Å²) in [6.45, 7) is 3.06. The molecule has 0 atom stereocenters. The van der Waals surface area contributed by atoms with Gasteiger partial charge in [0.05, 0.1) is 5.56 Å². The summed E-state index contributed by atoms with van der Waals surface area (Å²) in [7, 11) is 0. The molecule has 1 aromatic rings. The quantitative estimate of drug-likeness (QED) is 0.670. The second-order valence-corrected chi connectivity index (χ2v) is 2.58. The molecule has 0 saturated heterocycles. The van der Waals surface area contributed by atoms with Crippen LogP contribution in [-0.4, -0.2) is 17.2 Å². The first-order valence-corrected chi connectivity index (χ1v) is 3.78. The SMILES string of the molecule is CC(C)=O.O=Cc1ccccc1O. The fourth-order valence-electron chi connectivity index (χ4n) is 0.587. The smallest absolute Gasteiger partial charge is 0.153 e. The van der Waals surface area contributed by atoms with E-state index >= 15 is 0 Å². The molecule has 0 aromatic heterocycles. The van der Waals surface area contributed by atoms with Crippen LogP contribution in [0.2, 0.25) is 0 Å². The normalized spacial score (nSPS) is 8.15. The summed E-state index contributed by atoms with van der Waals surface area (Å²) in [5.41, 5.74) is 0.331. The van der Waals surface area contributed by atoms with Crippen LogP contribution in [-0.2, 0) is 4.79 Å². The predicted octanol–water partition coefficient (Wildman–Crippen LogP) is 1.80. The van der Waals surface area contributed by atoms with Crippen LogP contribution in [0.5, 0.6) is 5.75 Å². The highest BCUT2D eigenvalue weighted by molar-refractivity contribution is 5.78. The van der Waals surface area contributed by atoms with Crippen molar-refractivity contribution in [3.63, 3.8) is 0 Å². The first-order valence-electron chi connectivity index (χ1n) is 3.78. The third kappa shape index (κ3) is 5.61. The Morgan fingerprint density at radius 3 is 2.08 bits per heavy atom. The molecule has 0 saturated carbocycles. The Balaban J connectivity index is 0.000000310. The average molecular weight is 180 g/mol. The number of Topliss-reactive ketones (excluding diaryl/α,β-unsaturated/α-hetero) is 1. The number of benzene rings is 1. The summed E-state index contributed by atoms with van der Waals surface area (Å²) in [4.78, 5) is 19.5. The van der Waals surface area contributed by atoms with Gasteiger partial charge >= 0.3 is 0 Å². The minimum absolute atomic E-state index is 0.0347. The van der Waals surface area contributed by atoms with Crippen LogP contribution in [0.15, 0.2) is 24.3 Å². The van der Waals surface area contributed by atoms with E-state index in [1.807, 2.05) is 0 Å². The van der Waals surface area contributed by atoms with Gasteiger partial charge in [-0.05, 0) is 26.0 Å². The topological polar surface area (TPSA) is 54.4 Å². The molecule has 13 heavy (non-hydrogen) atoms. The maximum absolute atomic E-state index is 10.1. The van der Waals surface area contributed by atoms with Crippen LogP contribution in [0.25, 0.3) is 0 Å². The van der Waals surface area contributed by atoms with Crippen LogP contribution in [0.4, 0.5) is 0 Å². The van der Waals surface area contributed by atoms with E-state index in [0.717, 1.165) is 0 Å². The molecule has 0 bridgehead atoms. The van der Waals surface area contributed by atoms with Gasteiger partial charge in [0.2, 0.25) is 0 Å². The van der Waals surface area contributed by atoms with Crippen molar-refractivity contribution >= 4 is 12.1 Å². The van der Waals surface area contributed by atoms with E-state index in [-0.39, 0.29) is 11.5 Å². The third-order valence-corrected chi connectivity index (χ3v) is 1.06. The Labute approximate surface area is 77.0 Å². The molecular formula is C10H12O3. The first kappa shape index (κ1) is 11.4. The van der Waals surface area contributed by atoms with Crippen molar-refractivity contribution < 1.29 is 14.7 Å². The zero-order chi connectivity index (χ0) is 10.3. The number of hydrogen-bond acceptors (Lipinski definition) is 3. The van der Waals surface area contributed by atoms with Gasteiger partial charge < -0.3 is 9.90 Å². The highest BCUT2D eigenvalue weighted by Crippen LogP contribution is 2.11. The largest absolute Gasteiger partial charge is 0.507 e. The number of hydrogen-bond donors (Lipinski definition) is 1. The molecule has 0 aliphatic heterocycles. The number of carbonyl (C=O) groups is 2. The van der Waals surface area contributed by atoms with Gasteiger partial charge in [0.25, 0.3) is 0 Å². The first-order chi connectivity index (χ1) is 6.07. The van der Waals surface area contributed by atoms with E-state index in [1.165, 1.54) is 19.9 Å².